The number of carboxylic acids is 1. The van der Waals surface area contributed by atoms with Crippen LogP contribution in [0.3, 0.4) is 0 Å². The summed E-state index contributed by atoms with van der Waals surface area (Å²) in [4.78, 5) is 11.0. The quantitative estimate of drug-likeness (QED) is 0.730. The summed E-state index contributed by atoms with van der Waals surface area (Å²) in [6.07, 6.45) is 8.58. The molecule has 2 aliphatic carbocycles. The Bertz CT molecular complexity index is 323. The summed E-state index contributed by atoms with van der Waals surface area (Å²) in [5.41, 5.74) is 1.17. The van der Waals surface area contributed by atoms with Crippen LogP contribution in [-0.4, -0.2) is 11.1 Å². The van der Waals surface area contributed by atoms with Crippen LogP contribution in [-0.2, 0) is 4.79 Å². The molecule has 14 heavy (non-hydrogen) atoms. The van der Waals surface area contributed by atoms with E-state index in [0.29, 0.717) is 0 Å². The van der Waals surface area contributed by atoms with Gasteiger partial charge in [-0.3, -0.25) is 4.79 Å². The first-order chi connectivity index (χ1) is 6.55. The van der Waals surface area contributed by atoms with E-state index < -0.39 is 5.97 Å². The van der Waals surface area contributed by atoms with Crippen molar-refractivity contribution in [1.29, 1.82) is 0 Å². The largest absolute Gasteiger partial charge is 0.481 e. The van der Waals surface area contributed by atoms with Crippen LogP contribution >= 0.6 is 0 Å². The average Bonchev–Trinajstić information content (AvgIpc) is 2.71. The molecule has 76 valence electrons. The van der Waals surface area contributed by atoms with Gasteiger partial charge in [-0.2, -0.15) is 0 Å². The van der Waals surface area contributed by atoms with Crippen molar-refractivity contribution >= 4 is 5.97 Å². The number of carboxylic acid groups (broad SMARTS) is 1. The maximum absolute atomic E-state index is 11.0. The van der Waals surface area contributed by atoms with Gasteiger partial charge in [-0.15, -0.1) is 0 Å². The van der Waals surface area contributed by atoms with Crippen molar-refractivity contribution in [2.24, 2.45) is 17.3 Å². The minimum Gasteiger partial charge on any atom is -0.481 e. The minimum atomic E-state index is -0.653. The molecule has 2 unspecified atom stereocenters. The van der Waals surface area contributed by atoms with Gasteiger partial charge in [-0.1, -0.05) is 32.1 Å². The minimum absolute atomic E-state index is 0.0562. The van der Waals surface area contributed by atoms with Gasteiger partial charge >= 0.3 is 5.97 Å². The van der Waals surface area contributed by atoms with Crippen molar-refractivity contribution in [2.45, 2.75) is 26.7 Å². The molecule has 0 spiro atoms. The van der Waals surface area contributed by atoms with Crippen LogP contribution in [0.15, 0.2) is 23.8 Å². The van der Waals surface area contributed by atoms with E-state index in [-0.39, 0.29) is 17.3 Å². The maximum Gasteiger partial charge on any atom is 0.307 e. The number of rotatable bonds is 2. The Hall–Kier alpha value is -1.05. The molecule has 0 radical (unpaired) electrons. The van der Waals surface area contributed by atoms with Crippen molar-refractivity contribution in [1.82, 2.24) is 0 Å². The molecule has 1 N–H and O–H groups in total. The van der Waals surface area contributed by atoms with Crippen molar-refractivity contribution in [2.75, 3.05) is 0 Å². The van der Waals surface area contributed by atoms with E-state index in [1.165, 1.54) is 5.57 Å². The summed E-state index contributed by atoms with van der Waals surface area (Å²) < 4.78 is 0. The monoisotopic (exact) mass is 192 g/mol. The second-order valence-corrected chi connectivity index (χ2v) is 4.80. The fourth-order valence-electron chi connectivity index (χ4n) is 2.59. The smallest absolute Gasteiger partial charge is 0.307 e. The molecule has 2 atom stereocenters. The fourth-order valence-corrected chi connectivity index (χ4v) is 2.59. The molecule has 2 heteroatoms. The third-order valence-electron chi connectivity index (χ3n) is 3.48. The highest BCUT2D eigenvalue weighted by Gasteiger charge is 2.62. The predicted octanol–water partition coefficient (Wildman–Crippen LogP) is 2.62. The van der Waals surface area contributed by atoms with Crippen molar-refractivity contribution in [3.8, 4) is 0 Å². The van der Waals surface area contributed by atoms with Crippen LogP contribution < -0.4 is 0 Å². The number of allylic oxidation sites excluding steroid dienone is 4. The van der Waals surface area contributed by atoms with E-state index in [1.54, 1.807) is 0 Å². The van der Waals surface area contributed by atoms with E-state index in [2.05, 4.69) is 18.2 Å². The molecule has 0 bridgehead atoms. The second-order valence-electron chi connectivity index (χ2n) is 4.80. The highest BCUT2D eigenvalue weighted by molar-refractivity contribution is 5.77. The van der Waals surface area contributed by atoms with Gasteiger partial charge < -0.3 is 5.11 Å². The Morgan fingerprint density at radius 1 is 1.50 bits per heavy atom. The lowest BCUT2D eigenvalue weighted by molar-refractivity contribution is -0.139. The fraction of sp³-hybridized carbons (Fsp3) is 0.583. The van der Waals surface area contributed by atoms with Gasteiger partial charge in [0.05, 0.1) is 5.92 Å². The lowest BCUT2D eigenvalue weighted by Gasteiger charge is -2.07. The highest BCUT2D eigenvalue weighted by Crippen LogP contribution is 2.62. The van der Waals surface area contributed by atoms with Gasteiger partial charge in [-0.25, -0.2) is 0 Å². The molecule has 1 fully saturated rings. The first-order valence-electron chi connectivity index (χ1n) is 5.14. The van der Waals surface area contributed by atoms with Crippen molar-refractivity contribution in [3.05, 3.63) is 23.8 Å². The Labute approximate surface area is 84.3 Å². The Balaban J connectivity index is 2.18. The highest BCUT2D eigenvalue weighted by atomic mass is 16.4. The number of carbonyl (C=O) groups is 1. The van der Waals surface area contributed by atoms with E-state index in [9.17, 15) is 4.79 Å². The third-order valence-corrected chi connectivity index (χ3v) is 3.48. The van der Waals surface area contributed by atoms with Crippen LogP contribution in [0.25, 0.3) is 0 Å². The normalized spacial score (nSPS) is 33.7. The SMILES string of the molecule is CC1(C)C(C(=O)O)C1C1=CCCC=C1. The Morgan fingerprint density at radius 2 is 2.21 bits per heavy atom. The van der Waals surface area contributed by atoms with E-state index in [4.69, 9.17) is 5.11 Å². The van der Waals surface area contributed by atoms with Crippen LogP contribution in [0.2, 0.25) is 0 Å². The number of hydrogen-bond donors (Lipinski definition) is 1. The zero-order valence-corrected chi connectivity index (χ0v) is 8.66. The summed E-state index contributed by atoms with van der Waals surface area (Å²) in [7, 11) is 0. The molecule has 0 aromatic rings. The van der Waals surface area contributed by atoms with E-state index in [0.717, 1.165) is 12.8 Å². The van der Waals surface area contributed by atoms with Crippen molar-refractivity contribution < 1.29 is 9.90 Å². The zero-order chi connectivity index (χ0) is 10.3. The van der Waals surface area contributed by atoms with Gasteiger partial charge in [0.25, 0.3) is 0 Å². The summed E-state index contributed by atoms with van der Waals surface area (Å²) in [5, 5.41) is 9.04. The van der Waals surface area contributed by atoms with Gasteiger partial charge in [0, 0.05) is 5.92 Å². The molecule has 2 aliphatic rings. The van der Waals surface area contributed by atoms with Crippen LogP contribution in [0.1, 0.15) is 26.7 Å². The predicted molar refractivity (Wildman–Crippen MR) is 54.9 cm³/mol. The molecule has 0 saturated heterocycles. The lowest BCUT2D eigenvalue weighted by Crippen LogP contribution is -2.03. The average molecular weight is 192 g/mol. The molecule has 0 aromatic carbocycles. The van der Waals surface area contributed by atoms with Gasteiger partial charge in [0.2, 0.25) is 0 Å². The molecule has 0 aliphatic heterocycles. The molecule has 0 heterocycles. The first-order valence-corrected chi connectivity index (χ1v) is 5.14. The standard InChI is InChI=1S/C12H16O2/c1-12(2)9(10(12)11(13)14)8-6-4-3-5-7-8/h4,6-7,9-10H,3,5H2,1-2H3,(H,13,14). The molecular weight excluding hydrogens is 176 g/mol. The summed E-state index contributed by atoms with van der Waals surface area (Å²) in [6, 6.07) is 0. The Kier molecular flexibility index (Phi) is 2.02. The van der Waals surface area contributed by atoms with Crippen molar-refractivity contribution in [3.63, 3.8) is 0 Å². The third kappa shape index (κ3) is 1.29. The summed E-state index contributed by atoms with van der Waals surface area (Å²) in [5.74, 6) is -0.604. The molecule has 0 amide bonds. The summed E-state index contributed by atoms with van der Waals surface area (Å²) in [6.45, 7) is 4.08. The van der Waals surface area contributed by atoms with Gasteiger partial charge in [0.15, 0.2) is 0 Å². The number of aliphatic carboxylic acids is 1. The van der Waals surface area contributed by atoms with E-state index >= 15 is 0 Å². The van der Waals surface area contributed by atoms with Crippen LogP contribution in [0.4, 0.5) is 0 Å². The second kappa shape index (κ2) is 2.97. The number of hydrogen-bond acceptors (Lipinski definition) is 1. The van der Waals surface area contributed by atoms with Gasteiger partial charge in [-0.05, 0) is 23.8 Å². The topological polar surface area (TPSA) is 37.3 Å². The molecular formula is C12H16O2. The Morgan fingerprint density at radius 3 is 2.64 bits per heavy atom. The lowest BCUT2D eigenvalue weighted by atomic mass is 9.98. The summed E-state index contributed by atoms with van der Waals surface area (Å²) >= 11 is 0. The van der Waals surface area contributed by atoms with E-state index in [1.807, 2.05) is 13.8 Å². The molecule has 2 rings (SSSR count). The molecule has 1 saturated carbocycles. The first kappa shape index (κ1) is 9.50. The van der Waals surface area contributed by atoms with Gasteiger partial charge in [0.1, 0.15) is 0 Å². The van der Waals surface area contributed by atoms with Crippen LogP contribution in [0.5, 0.6) is 0 Å². The molecule has 0 aromatic heterocycles. The molecule has 2 nitrogen and oxygen atoms in total. The van der Waals surface area contributed by atoms with Crippen LogP contribution in [0, 0.1) is 17.3 Å². The zero-order valence-electron chi connectivity index (χ0n) is 8.66. The maximum atomic E-state index is 11.0.